The van der Waals surface area contributed by atoms with Gasteiger partial charge < -0.3 is 15.0 Å². The highest BCUT2D eigenvalue weighted by molar-refractivity contribution is 7.99. The molecule has 0 unspecified atom stereocenters. The number of methoxy groups -OCH3 is 1. The maximum absolute atomic E-state index is 13.9. The van der Waals surface area contributed by atoms with Crippen molar-refractivity contribution in [2.24, 2.45) is 0 Å². The molecule has 4 rings (SSSR count). The average molecular weight is 575 g/mol. The quantitative estimate of drug-likeness (QED) is 0.170. The molecule has 4 aromatic rings. The zero-order chi connectivity index (χ0) is 28.6. The highest BCUT2D eigenvalue weighted by atomic mass is 35.5. The number of carbonyl (C=O) groups excluding carboxylic acids is 2. The molecule has 3 aromatic carbocycles. The van der Waals surface area contributed by atoms with E-state index >= 15 is 0 Å². The third-order valence-electron chi connectivity index (χ3n) is 6.18. The van der Waals surface area contributed by atoms with Gasteiger partial charge >= 0.3 is 0 Å². The lowest BCUT2D eigenvalue weighted by Gasteiger charge is -2.31. The number of carbonyl (C=O) groups is 2. The number of hydrogen-bond donors (Lipinski definition) is 1. The van der Waals surface area contributed by atoms with Crippen molar-refractivity contribution in [3.05, 3.63) is 112 Å². The first-order chi connectivity index (χ1) is 19.2. The zero-order valence-corrected chi connectivity index (χ0v) is 24.4. The van der Waals surface area contributed by atoms with Gasteiger partial charge in [-0.3, -0.25) is 9.59 Å². The van der Waals surface area contributed by atoms with E-state index in [1.807, 2.05) is 51.1 Å². The standard InChI is InChI=1S/C31H31ClN4O3S/c1-20-5-7-23(8-6-20)18-36(28(37)19-40-31-33-21(2)17-22(3)34-31)29(24-9-11-25(32)12-10-24)30(38)35-26-13-15-27(39-4)16-14-26/h5-17,29H,18-19H2,1-4H3,(H,35,38)/t29-/m0/s1. The third kappa shape index (κ3) is 7.83. The number of rotatable bonds is 10. The Labute approximate surface area is 243 Å². The number of benzene rings is 3. The van der Waals surface area contributed by atoms with Gasteiger partial charge in [-0.2, -0.15) is 0 Å². The van der Waals surface area contributed by atoms with Crippen LogP contribution in [0.3, 0.4) is 0 Å². The summed E-state index contributed by atoms with van der Waals surface area (Å²) in [4.78, 5) is 38.3. The molecular formula is C31H31ClN4O3S. The monoisotopic (exact) mass is 574 g/mol. The maximum atomic E-state index is 13.9. The van der Waals surface area contributed by atoms with Gasteiger partial charge in [0.15, 0.2) is 5.16 Å². The lowest BCUT2D eigenvalue weighted by molar-refractivity contribution is -0.137. The normalized spacial score (nSPS) is 11.5. The number of nitrogens with one attached hydrogen (secondary N) is 1. The molecule has 2 amide bonds. The van der Waals surface area contributed by atoms with Crippen LogP contribution >= 0.6 is 23.4 Å². The van der Waals surface area contributed by atoms with Gasteiger partial charge in [-0.15, -0.1) is 0 Å². The van der Waals surface area contributed by atoms with Gasteiger partial charge in [0.25, 0.3) is 5.91 Å². The van der Waals surface area contributed by atoms with Gasteiger partial charge in [-0.1, -0.05) is 65.3 Å². The summed E-state index contributed by atoms with van der Waals surface area (Å²) < 4.78 is 5.23. The van der Waals surface area contributed by atoms with Crippen LogP contribution in [0.2, 0.25) is 5.02 Å². The Bertz CT molecular complexity index is 1440. The molecule has 1 N–H and O–H groups in total. The molecule has 206 valence electrons. The van der Waals surface area contributed by atoms with Gasteiger partial charge in [0.1, 0.15) is 11.8 Å². The predicted molar refractivity (Wildman–Crippen MR) is 160 cm³/mol. The summed E-state index contributed by atoms with van der Waals surface area (Å²) in [6.45, 7) is 6.03. The van der Waals surface area contributed by atoms with Gasteiger partial charge in [0, 0.05) is 28.6 Å². The molecule has 40 heavy (non-hydrogen) atoms. The Morgan fingerprint density at radius 3 is 2.15 bits per heavy atom. The number of aryl methyl sites for hydroxylation is 3. The van der Waals surface area contributed by atoms with E-state index in [-0.39, 0.29) is 24.1 Å². The van der Waals surface area contributed by atoms with Crippen LogP contribution in [0.4, 0.5) is 5.69 Å². The number of thioether (sulfide) groups is 1. The number of amides is 2. The minimum Gasteiger partial charge on any atom is -0.497 e. The summed E-state index contributed by atoms with van der Waals surface area (Å²) in [6.07, 6.45) is 0. The smallest absolute Gasteiger partial charge is 0.251 e. The van der Waals surface area contributed by atoms with Crippen LogP contribution in [-0.2, 0) is 16.1 Å². The molecule has 0 saturated carbocycles. The summed E-state index contributed by atoms with van der Waals surface area (Å²) in [5, 5.41) is 4.03. The van der Waals surface area contributed by atoms with Crippen LogP contribution < -0.4 is 10.1 Å². The molecule has 0 fully saturated rings. The van der Waals surface area contributed by atoms with E-state index in [4.69, 9.17) is 16.3 Å². The van der Waals surface area contributed by atoms with E-state index < -0.39 is 6.04 Å². The molecule has 1 heterocycles. The molecule has 0 saturated heterocycles. The van der Waals surface area contributed by atoms with Gasteiger partial charge in [-0.05, 0) is 74.4 Å². The van der Waals surface area contributed by atoms with E-state index in [1.165, 1.54) is 11.8 Å². The van der Waals surface area contributed by atoms with Crippen LogP contribution in [0.25, 0.3) is 0 Å². The molecule has 0 aliphatic rings. The Hall–Kier alpha value is -3.88. The SMILES string of the molecule is COc1ccc(NC(=O)[C@H](c2ccc(Cl)cc2)N(Cc2ccc(C)cc2)C(=O)CSc2nc(C)cc(C)n2)cc1. The largest absolute Gasteiger partial charge is 0.497 e. The zero-order valence-electron chi connectivity index (χ0n) is 22.8. The molecule has 9 heteroatoms. The first-order valence-corrected chi connectivity index (χ1v) is 14.1. The predicted octanol–water partition coefficient (Wildman–Crippen LogP) is 6.56. The van der Waals surface area contributed by atoms with E-state index in [9.17, 15) is 9.59 Å². The summed E-state index contributed by atoms with van der Waals surface area (Å²) in [6, 6.07) is 22.9. The van der Waals surface area contributed by atoms with Crippen molar-refractivity contribution in [1.82, 2.24) is 14.9 Å². The van der Waals surface area contributed by atoms with Crippen molar-refractivity contribution >= 4 is 40.9 Å². The van der Waals surface area contributed by atoms with Crippen molar-refractivity contribution in [3.63, 3.8) is 0 Å². The van der Waals surface area contributed by atoms with Crippen molar-refractivity contribution in [2.75, 3.05) is 18.2 Å². The van der Waals surface area contributed by atoms with E-state index in [0.717, 1.165) is 22.5 Å². The van der Waals surface area contributed by atoms with E-state index in [0.29, 0.717) is 27.2 Å². The number of nitrogens with zero attached hydrogens (tertiary/aromatic N) is 3. The lowest BCUT2D eigenvalue weighted by atomic mass is 10.0. The second-order valence-electron chi connectivity index (χ2n) is 9.40. The summed E-state index contributed by atoms with van der Waals surface area (Å²) in [5.41, 5.74) is 4.90. The molecule has 0 aliphatic heterocycles. The van der Waals surface area contributed by atoms with Crippen molar-refractivity contribution in [2.45, 2.75) is 38.5 Å². The van der Waals surface area contributed by atoms with E-state index in [1.54, 1.807) is 60.5 Å². The minimum atomic E-state index is -0.922. The Morgan fingerprint density at radius 1 is 0.925 bits per heavy atom. The third-order valence-corrected chi connectivity index (χ3v) is 7.27. The van der Waals surface area contributed by atoms with Crippen LogP contribution in [0.1, 0.15) is 34.1 Å². The Morgan fingerprint density at radius 2 is 1.55 bits per heavy atom. The van der Waals surface area contributed by atoms with Gasteiger partial charge in [0.2, 0.25) is 5.91 Å². The maximum Gasteiger partial charge on any atom is 0.251 e. The fourth-order valence-electron chi connectivity index (χ4n) is 4.18. The lowest BCUT2D eigenvalue weighted by Crippen LogP contribution is -2.41. The minimum absolute atomic E-state index is 0.0641. The molecule has 0 aliphatic carbocycles. The molecule has 7 nitrogen and oxygen atoms in total. The molecule has 0 spiro atoms. The fourth-order valence-corrected chi connectivity index (χ4v) is 5.15. The average Bonchev–Trinajstić information content (AvgIpc) is 2.93. The van der Waals surface area contributed by atoms with Gasteiger partial charge in [-0.25, -0.2) is 9.97 Å². The summed E-state index contributed by atoms with van der Waals surface area (Å²) in [5.74, 6) is 0.169. The van der Waals surface area contributed by atoms with E-state index in [2.05, 4.69) is 15.3 Å². The second kappa shape index (κ2) is 13.5. The van der Waals surface area contributed by atoms with Crippen LogP contribution in [-0.4, -0.2) is 39.5 Å². The second-order valence-corrected chi connectivity index (χ2v) is 10.8. The number of hydrogen-bond acceptors (Lipinski definition) is 6. The highest BCUT2D eigenvalue weighted by Gasteiger charge is 2.32. The molecule has 1 aromatic heterocycles. The first-order valence-electron chi connectivity index (χ1n) is 12.7. The topological polar surface area (TPSA) is 84.4 Å². The number of anilines is 1. The van der Waals surface area contributed by atoms with Gasteiger partial charge in [0.05, 0.1) is 12.9 Å². The summed E-state index contributed by atoms with van der Waals surface area (Å²) >= 11 is 7.43. The number of aromatic nitrogens is 2. The Kier molecular flexibility index (Phi) is 9.79. The van der Waals surface area contributed by atoms with Crippen LogP contribution in [0, 0.1) is 20.8 Å². The molecule has 0 radical (unpaired) electrons. The molecular weight excluding hydrogens is 544 g/mol. The fraction of sp³-hybridized carbons (Fsp3) is 0.226. The van der Waals surface area contributed by atoms with Crippen molar-refractivity contribution in [1.29, 1.82) is 0 Å². The van der Waals surface area contributed by atoms with Crippen LogP contribution in [0.5, 0.6) is 5.75 Å². The van der Waals surface area contributed by atoms with Crippen molar-refractivity contribution < 1.29 is 14.3 Å². The number of ether oxygens (including phenoxy) is 1. The first kappa shape index (κ1) is 29.1. The highest BCUT2D eigenvalue weighted by Crippen LogP contribution is 2.29. The molecule has 0 bridgehead atoms. The number of halogens is 1. The molecule has 1 atom stereocenters. The van der Waals surface area contributed by atoms with Crippen LogP contribution in [0.15, 0.2) is 84.0 Å². The Balaban J connectivity index is 1.69. The summed E-state index contributed by atoms with van der Waals surface area (Å²) in [7, 11) is 1.58. The van der Waals surface area contributed by atoms with Crippen molar-refractivity contribution in [3.8, 4) is 5.75 Å².